The molecule has 5 N–H and O–H groups in total. The Labute approximate surface area is 80.1 Å². The van der Waals surface area contributed by atoms with Gasteiger partial charge < -0.3 is 16.8 Å². The fourth-order valence-electron chi connectivity index (χ4n) is 0.822. The van der Waals surface area contributed by atoms with Crippen molar-refractivity contribution in [1.82, 2.24) is 5.32 Å². The van der Waals surface area contributed by atoms with Crippen molar-refractivity contribution in [2.45, 2.75) is 20.3 Å². The average Bonchev–Trinajstić information content (AvgIpc) is 2.10. The molecule has 4 nitrogen and oxygen atoms in total. The van der Waals surface area contributed by atoms with Gasteiger partial charge in [0.15, 0.2) is 5.96 Å². The van der Waals surface area contributed by atoms with Gasteiger partial charge in [-0.25, -0.2) is 0 Å². The van der Waals surface area contributed by atoms with Gasteiger partial charge in [-0.1, -0.05) is 20.4 Å². The van der Waals surface area contributed by atoms with Crippen LogP contribution in [0.4, 0.5) is 0 Å². The Bertz CT molecular complexity index is 182. The van der Waals surface area contributed by atoms with E-state index in [-0.39, 0.29) is 5.96 Å². The highest BCUT2D eigenvalue weighted by Gasteiger charge is 2.01. The lowest BCUT2D eigenvalue weighted by atomic mass is 10.1. The number of aliphatic imine (C=N–C) groups is 1. The maximum Gasteiger partial charge on any atom is 0.185 e. The van der Waals surface area contributed by atoms with Gasteiger partial charge in [0.25, 0.3) is 0 Å². The lowest BCUT2D eigenvalue weighted by molar-refractivity contribution is 0.592. The van der Waals surface area contributed by atoms with Gasteiger partial charge in [-0.3, -0.25) is 4.99 Å². The summed E-state index contributed by atoms with van der Waals surface area (Å²) in [7, 11) is 0. The molecule has 0 saturated carbocycles. The molecule has 1 atom stereocenters. The molecule has 0 heterocycles. The number of allylic oxidation sites excluding steroid dienone is 1. The van der Waals surface area contributed by atoms with Crippen molar-refractivity contribution in [2.75, 3.05) is 13.1 Å². The van der Waals surface area contributed by atoms with E-state index >= 15 is 0 Å². The van der Waals surface area contributed by atoms with Crippen LogP contribution in [-0.2, 0) is 0 Å². The quantitative estimate of drug-likeness (QED) is 0.318. The molecule has 0 aliphatic rings. The van der Waals surface area contributed by atoms with E-state index in [1.165, 1.54) is 0 Å². The zero-order chi connectivity index (χ0) is 10.3. The monoisotopic (exact) mass is 184 g/mol. The molecule has 0 aromatic rings. The second-order valence-corrected chi connectivity index (χ2v) is 3.07. The highest BCUT2D eigenvalue weighted by Crippen LogP contribution is 2.07. The maximum atomic E-state index is 5.17. The Morgan fingerprint density at radius 1 is 1.54 bits per heavy atom. The molecule has 13 heavy (non-hydrogen) atoms. The van der Waals surface area contributed by atoms with Crippen LogP contribution >= 0.6 is 0 Å². The SMILES string of the molecule is C=C(NCCN=C(N)N)C(C)CC. The summed E-state index contributed by atoms with van der Waals surface area (Å²) in [6, 6.07) is 0. The second kappa shape index (κ2) is 6.34. The van der Waals surface area contributed by atoms with Crippen LogP contribution in [0, 0.1) is 5.92 Å². The van der Waals surface area contributed by atoms with E-state index in [0.29, 0.717) is 12.5 Å². The molecule has 0 amide bonds. The van der Waals surface area contributed by atoms with Gasteiger partial charge in [-0.2, -0.15) is 0 Å². The minimum Gasteiger partial charge on any atom is -0.387 e. The first-order valence-corrected chi connectivity index (χ1v) is 4.56. The highest BCUT2D eigenvalue weighted by atomic mass is 15.0. The van der Waals surface area contributed by atoms with E-state index < -0.39 is 0 Å². The fourth-order valence-corrected chi connectivity index (χ4v) is 0.822. The summed E-state index contributed by atoms with van der Waals surface area (Å²) >= 11 is 0. The lowest BCUT2D eigenvalue weighted by Gasteiger charge is -2.13. The maximum absolute atomic E-state index is 5.17. The number of guanidine groups is 1. The van der Waals surface area contributed by atoms with Gasteiger partial charge in [-0.05, 0) is 12.3 Å². The Balaban J connectivity index is 3.54. The predicted octanol–water partition coefficient (Wildman–Crippen LogP) is 0.409. The first-order chi connectivity index (χ1) is 6.07. The third-order valence-corrected chi connectivity index (χ3v) is 1.97. The molecule has 0 saturated heterocycles. The van der Waals surface area contributed by atoms with Crippen molar-refractivity contribution in [1.29, 1.82) is 0 Å². The Morgan fingerprint density at radius 3 is 2.62 bits per heavy atom. The first-order valence-electron chi connectivity index (χ1n) is 4.56. The van der Waals surface area contributed by atoms with Gasteiger partial charge >= 0.3 is 0 Å². The van der Waals surface area contributed by atoms with Crippen LogP contribution in [0.5, 0.6) is 0 Å². The summed E-state index contributed by atoms with van der Waals surface area (Å²) in [5, 5.41) is 3.18. The van der Waals surface area contributed by atoms with Crippen LogP contribution in [-0.4, -0.2) is 19.0 Å². The van der Waals surface area contributed by atoms with Crippen molar-refractivity contribution in [2.24, 2.45) is 22.4 Å². The number of hydrogen-bond acceptors (Lipinski definition) is 2. The molecule has 0 aromatic carbocycles. The van der Waals surface area contributed by atoms with Gasteiger partial charge in [0.2, 0.25) is 0 Å². The molecule has 0 bridgehead atoms. The van der Waals surface area contributed by atoms with Gasteiger partial charge in [0.1, 0.15) is 0 Å². The van der Waals surface area contributed by atoms with Crippen LogP contribution in [0.3, 0.4) is 0 Å². The largest absolute Gasteiger partial charge is 0.387 e. The number of rotatable bonds is 6. The van der Waals surface area contributed by atoms with E-state index in [2.05, 4.69) is 30.7 Å². The minimum absolute atomic E-state index is 0.135. The molecule has 0 fully saturated rings. The van der Waals surface area contributed by atoms with Crippen molar-refractivity contribution in [3.8, 4) is 0 Å². The molecule has 0 rings (SSSR count). The third kappa shape index (κ3) is 6.02. The molecular formula is C9H20N4. The van der Waals surface area contributed by atoms with E-state index in [1.807, 2.05) is 0 Å². The molecule has 1 unspecified atom stereocenters. The van der Waals surface area contributed by atoms with Crippen LogP contribution in [0.15, 0.2) is 17.3 Å². The molecule has 0 aliphatic heterocycles. The number of nitrogens with two attached hydrogens (primary N) is 2. The Kier molecular flexibility index (Phi) is 5.76. The Hall–Kier alpha value is -1.19. The number of hydrogen-bond donors (Lipinski definition) is 3. The summed E-state index contributed by atoms with van der Waals surface area (Å²) in [5.41, 5.74) is 11.4. The smallest absolute Gasteiger partial charge is 0.185 e. The van der Waals surface area contributed by atoms with Crippen LogP contribution in [0.25, 0.3) is 0 Å². The molecule has 76 valence electrons. The molecular weight excluding hydrogens is 164 g/mol. The van der Waals surface area contributed by atoms with Crippen molar-refractivity contribution in [3.05, 3.63) is 12.3 Å². The van der Waals surface area contributed by atoms with E-state index in [9.17, 15) is 0 Å². The van der Waals surface area contributed by atoms with Gasteiger partial charge in [0.05, 0.1) is 6.54 Å². The van der Waals surface area contributed by atoms with Gasteiger partial charge in [-0.15, -0.1) is 0 Å². The van der Waals surface area contributed by atoms with Crippen molar-refractivity contribution in [3.63, 3.8) is 0 Å². The summed E-state index contributed by atoms with van der Waals surface area (Å²) in [5.74, 6) is 0.634. The normalized spacial score (nSPS) is 11.8. The minimum atomic E-state index is 0.135. The summed E-state index contributed by atoms with van der Waals surface area (Å²) in [6.07, 6.45) is 1.09. The molecule has 0 aliphatic carbocycles. The predicted molar refractivity (Wildman–Crippen MR) is 57.3 cm³/mol. The summed E-state index contributed by atoms with van der Waals surface area (Å²) in [6.45, 7) is 9.52. The van der Waals surface area contributed by atoms with Crippen molar-refractivity contribution < 1.29 is 0 Å². The molecule has 0 aromatic heterocycles. The molecule has 0 spiro atoms. The topological polar surface area (TPSA) is 76.4 Å². The zero-order valence-corrected chi connectivity index (χ0v) is 8.51. The number of nitrogens with one attached hydrogen (secondary N) is 1. The standard InChI is InChI=1S/C9H20N4/c1-4-7(2)8(3)12-5-6-13-9(10)11/h7,12H,3-6H2,1-2H3,(H4,10,11,13). The van der Waals surface area contributed by atoms with Crippen LogP contribution < -0.4 is 16.8 Å². The van der Waals surface area contributed by atoms with Crippen molar-refractivity contribution >= 4 is 5.96 Å². The van der Waals surface area contributed by atoms with E-state index in [0.717, 1.165) is 18.7 Å². The summed E-state index contributed by atoms with van der Waals surface area (Å²) in [4.78, 5) is 3.85. The fraction of sp³-hybridized carbons (Fsp3) is 0.667. The van der Waals surface area contributed by atoms with Crippen LogP contribution in [0.1, 0.15) is 20.3 Å². The molecule has 0 radical (unpaired) electrons. The summed E-state index contributed by atoms with van der Waals surface area (Å²) < 4.78 is 0. The van der Waals surface area contributed by atoms with E-state index in [4.69, 9.17) is 11.5 Å². The second-order valence-electron chi connectivity index (χ2n) is 3.07. The highest BCUT2D eigenvalue weighted by molar-refractivity contribution is 5.75. The Morgan fingerprint density at radius 2 is 2.15 bits per heavy atom. The lowest BCUT2D eigenvalue weighted by Crippen LogP contribution is -2.26. The van der Waals surface area contributed by atoms with Gasteiger partial charge in [0, 0.05) is 12.2 Å². The first kappa shape index (κ1) is 11.8. The number of nitrogens with zero attached hydrogens (tertiary/aromatic N) is 1. The zero-order valence-electron chi connectivity index (χ0n) is 8.51. The van der Waals surface area contributed by atoms with Crippen LogP contribution in [0.2, 0.25) is 0 Å². The molecule has 4 heteroatoms. The van der Waals surface area contributed by atoms with E-state index in [1.54, 1.807) is 0 Å². The average molecular weight is 184 g/mol. The third-order valence-electron chi connectivity index (χ3n) is 1.97.